The van der Waals surface area contributed by atoms with Crippen molar-refractivity contribution in [2.45, 2.75) is 81.1 Å². The fraction of sp³-hybridized carbons (Fsp3) is 0.636. The van der Waals surface area contributed by atoms with Crippen molar-refractivity contribution in [1.29, 1.82) is 0 Å². The molecule has 154 valence electrons. The van der Waals surface area contributed by atoms with Crippen LogP contribution in [-0.4, -0.2) is 16.9 Å². The van der Waals surface area contributed by atoms with Gasteiger partial charge < -0.3 is 5.11 Å². The van der Waals surface area contributed by atoms with E-state index < -0.39 is 0 Å². The normalized spacial score (nSPS) is 13.7. The minimum absolute atomic E-state index is 0.146. The summed E-state index contributed by atoms with van der Waals surface area (Å²) in [5, 5.41) is 10.8. The van der Waals surface area contributed by atoms with Crippen molar-refractivity contribution in [3.05, 3.63) is 35.1 Å². The van der Waals surface area contributed by atoms with Crippen LogP contribution in [0.15, 0.2) is 35.1 Å². The smallest absolute Gasteiger partial charge is 0.238 e. The van der Waals surface area contributed by atoms with Gasteiger partial charge in [-0.05, 0) is 41.7 Å². The number of amides is 2. The van der Waals surface area contributed by atoms with Gasteiger partial charge in [0.1, 0.15) is 5.76 Å². The second-order valence-corrected chi connectivity index (χ2v) is 9.04. The molecule has 0 bridgehead atoms. The average molecular weight is 379 g/mol. The standard InChI is InChI=1S/C22H38N2O3/c1-10-11-18(25)23-24-19(26)13-12-15(2)14-17(22(7,8)9)20(27)16(3)21(4,5)6/h14,27H,2,10-13H2,1,3-9H3,(H,23,25)(H,24,26)/b17-14+,20-16-. The van der Waals surface area contributed by atoms with Gasteiger partial charge in [0.05, 0.1) is 0 Å². The van der Waals surface area contributed by atoms with Crippen molar-refractivity contribution < 1.29 is 14.7 Å². The number of hydrogen-bond acceptors (Lipinski definition) is 3. The molecule has 0 spiro atoms. The van der Waals surface area contributed by atoms with Crippen molar-refractivity contribution in [1.82, 2.24) is 10.9 Å². The fourth-order valence-corrected chi connectivity index (χ4v) is 2.24. The number of aliphatic hydroxyl groups is 1. The number of carbonyl (C=O) groups excluding carboxylic acids is 2. The predicted octanol–water partition coefficient (Wildman–Crippen LogP) is 5.12. The van der Waals surface area contributed by atoms with Crippen LogP contribution in [0, 0.1) is 10.8 Å². The molecule has 0 aromatic rings. The minimum Gasteiger partial charge on any atom is -0.508 e. The molecule has 3 N–H and O–H groups in total. The second kappa shape index (κ2) is 10.3. The first-order chi connectivity index (χ1) is 12.2. The first-order valence-corrected chi connectivity index (χ1v) is 9.58. The molecule has 0 atom stereocenters. The summed E-state index contributed by atoms with van der Waals surface area (Å²) in [7, 11) is 0. The molecule has 0 aromatic carbocycles. The zero-order valence-corrected chi connectivity index (χ0v) is 18.4. The van der Waals surface area contributed by atoms with Crippen LogP contribution < -0.4 is 10.9 Å². The van der Waals surface area contributed by atoms with Gasteiger partial charge in [0.2, 0.25) is 11.8 Å². The molecule has 0 aliphatic rings. The van der Waals surface area contributed by atoms with Gasteiger partial charge in [-0.2, -0.15) is 0 Å². The Labute approximate surface area is 165 Å². The number of rotatable bonds is 7. The van der Waals surface area contributed by atoms with Gasteiger partial charge >= 0.3 is 0 Å². The number of nitrogens with one attached hydrogen (secondary N) is 2. The zero-order chi connectivity index (χ0) is 21.4. The number of hydrazine groups is 1. The van der Waals surface area contributed by atoms with Crippen LogP contribution in [-0.2, 0) is 9.59 Å². The summed E-state index contributed by atoms with van der Waals surface area (Å²) in [6.07, 6.45) is 3.62. The highest BCUT2D eigenvalue weighted by Crippen LogP contribution is 2.37. The third-order valence-electron chi connectivity index (χ3n) is 4.38. The summed E-state index contributed by atoms with van der Waals surface area (Å²) in [6.45, 7) is 20.2. The summed E-state index contributed by atoms with van der Waals surface area (Å²) >= 11 is 0. The zero-order valence-electron chi connectivity index (χ0n) is 18.4. The second-order valence-electron chi connectivity index (χ2n) is 9.04. The maximum atomic E-state index is 11.9. The van der Waals surface area contributed by atoms with Crippen molar-refractivity contribution >= 4 is 11.8 Å². The van der Waals surface area contributed by atoms with E-state index in [0.29, 0.717) is 12.8 Å². The summed E-state index contributed by atoms with van der Waals surface area (Å²) < 4.78 is 0. The molecule has 5 nitrogen and oxygen atoms in total. The monoisotopic (exact) mass is 378 g/mol. The number of carbonyl (C=O) groups is 2. The van der Waals surface area contributed by atoms with E-state index in [2.05, 4.69) is 38.2 Å². The lowest BCUT2D eigenvalue weighted by molar-refractivity contribution is -0.128. The van der Waals surface area contributed by atoms with E-state index in [9.17, 15) is 14.7 Å². The van der Waals surface area contributed by atoms with Gasteiger partial charge in [0.15, 0.2) is 0 Å². The Bertz CT molecular complexity index is 614. The highest BCUT2D eigenvalue weighted by atomic mass is 16.3. The molecular weight excluding hydrogens is 340 g/mol. The average Bonchev–Trinajstić information content (AvgIpc) is 2.53. The lowest BCUT2D eigenvalue weighted by Crippen LogP contribution is -2.41. The Morgan fingerprint density at radius 3 is 1.81 bits per heavy atom. The highest BCUT2D eigenvalue weighted by Gasteiger charge is 2.26. The van der Waals surface area contributed by atoms with Gasteiger partial charge in [-0.25, -0.2) is 0 Å². The predicted molar refractivity (Wildman–Crippen MR) is 112 cm³/mol. The lowest BCUT2D eigenvalue weighted by Gasteiger charge is -2.28. The largest absolute Gasteiger partial charge is 0.508 e. The summed E-state index contributed by atoms with van der Waals surface area (Å²) in [5.41, 5.74) is 6.85. The molecular formula is C22H38N2O3. The molecule has 0 aliphatic carbocycles. The van der Waals surface area contributed by atoms with Gasteiger partial charge in [-0.15, -0.1) is 0 Å². The van der Waals surface area contributed by atoms with Crippen LogP contribution in [0.2, 0.25) is 0 Å². The van der Waals surface area contributed by atoms with Crippen LogP contribution in [0.4, 0.5) is 0 Å². The van der Waals surface area contributed by atoms with Crippen molar-refractivity contribution in [2.24, 2.45) is 10.8 Å². The van der Waals surface area contributed by atoms with Crippen LogP contribution >= 0.6 is 0 Å². The fourth-order valence-electron chi connectivity index (χ4n) is 2.24. The topological polar surface area (TPSA) is 78.4 Å². The lowest BCUT2D eigenvalue weighted by atomic mass is 9.78. The number of allylic oxidation sites excluding steroid dienone is 4. The van der Waals surface area contributed by atoms with E-state index in [0.717, 1.165) is 23.1 Å². The Morgan fingerprint density at radius 1 is 0.926 bits per heavy atom. The molecule has 0 aromatic heterocycles. The summed E-state index contributed by atoms with van der Waals surface area (Å²) in [6, 6.07) is 0. The number of hydrogen-bond donors (Lipinski definition) is 3. The van der Waals surface area contributed by atoms with Crippen molar-refractivity contribution in [2.75, 3.05) is 0 Å². The van der Waals surface area contributed by atoms with E-state index in [1.54, 1.807) is 0 Å². The van der Waals surface area contributed by atoms with E-state index in [1.807, 2.05) is 40.7 Å². The van der Waals surface area contributed by atoms with Gasteiger partial charge in [-0.3, -0.25) is 20.4 Å². The first-order valence-electron chi connectivity index (χ1n) is 9.58. The third kappa shape index (κ3) is 9.45. The molecule has 0 rings (SSSR count). The summed E-state index contributed by atoms with van der Waals surface area (Å²) in [4.78, 5) is 23.2. The van der Waals surface area contributed by atoms with E-state index in [-0.39, 0.29) is 34.8 Å². The van der Waals surface area contributed by atoms with E-state index in [4.69, 9.17) is 0 Å². The van der Waals surface area contributed by atoms with Gasteiger partial charge in [0.25, 0.3) is 0 Å². The third-order valence-corrected chi connectivity index (χ3v) is 4.38. The van der Waals surface area contributed by atoms with Crippen LogP contribution in [0.25, 0.3) is 0 Å². The Hall–Kier alpha value is -2.04. The quantitative estimate of drug-likeness (QED) is 0.327. The van der Waals surface area contributed by atoms with E-state index in [1.165, 1.54) is 0 Å². The Morgan fingerprint density at radius 2 is 1.41 bits per heavy atom. The van der Waals surface area contributed by atoms with Crippen molar-refractivity contribution in [3.63, 3.8) is 0 Å². The maximum Gasteiger partial charge on any atom is 0.238 e. The van der Waals surface area contributed by atoms with Crippen LogP contribution in [0.3, 0.4) is 0 Å². The maximum absolute atomic E-state index is 11.9. The molecule has 0 fully saturated rings. The molecule has 2 amide bonds. The SMILES string of the molecule is C=C(/C=C(\C(O)=C(/C)C(C)(C)C)C(C)(C)C)CCC(=O)NNC(=O)CCC. The van der Waals surface area contributed by atoms with Crippen LogP contribution in [0.5, 0.6) is 0 Å². The summed E-state index contributed by atoms with van der Waals surface area (Å²) in [5.74, 6) is -0.184. The van der Waals surface area contributed by atoms with Crippen LogP contribution in [0.1, 0.15) is 81.1 Å². The molecule has 0 heterocycles. The van der Waals surface area contributed by atoms with E-state index >= 15 is 0 Å². The van der Waals surface area contributed by atoms with Gasteiger partial charge in [0, 0.05) is 12.8 Å². The molecule has 0 aliphatic heterocycles. The molecule has 0 saturated carbocycles. The van der Waals surface area contributed by atoms with Crippen molar-refractivity contribution in [3.8, 4) is 0 Å². The first kappa shape index (κ1) is 25.0. The molecule has 27 heavy (non-hydrogen) atoms. The number of aliphatic hydroxyl groups excluding tert-OH is 1. The highest BCUT2D eigenvalue weighted by molar-refractivity contribution is 5.82. The Kier molecular flexibility index (Phi) is 9.55. The molecule has 0 radical (unpaired) electrons. The molecule has 5 heteroatoms. The minimum atomic E-state index is -0.268. The Balaban J connectivity index is 5.12. The van der Waals surface area contributed by atoms with Gasteiger partial charge in [-0.1, -0.05) is 66.7 Å². The molecule has 0 saturated heterocycles. The molecule has 0 unspecified atom stereocenters.